The van der Waals surface area contributed by atoms with Crippen LogP contribution in [0, 0.1) is 0 Å². The van der Waals surface area contributed by atoms with E-state index in [0.29, 0.717) is 28.1 Å². The van der Waals surface area contributed by atoms with Gasteiger partial charge in [-0.05, 0) is 24.3 Å². The van der Waals surface area contributed by atoms with E-state index in [1.807, 2.05) is 50.2 Å². The third-order valence-electron chi connectivity index (χ3n) is 3.67. The van der Waals surface area contributed by atoms with Crippen LogP contribution < -0.4 is 14.8 Å². The van der Waals surface area contributed by atoms with E-state index in [9.17, 15) is 0 Å². The maximum Gasteiger partial charge on any atom is 0.166 e. The molecule has 0 fully saturated rings. The van der Waals surface area contributed by atoms with Crippen LogP contribution in [0.2, 0.25) is 5.02 Å². The SMILES string of the molecule is CC.COc1cccc(C2OCC(=S)Nc3ccc(Cl)cc32)c1OC. The normalized spacial score (nSPS) is 15.9. The zero-order chi connectivity index (χ0) is 18.4. The van der Waals surface area contributed by atoms with E-state index in [1.54, 1.807) is 14.2 Å². The van der Waals surface area contributed by atoms with Crippen molar-refractivity contribution in [3.63, 3.8) is 0 Å². The van der Waals surface area contributed by atoms with E-state index in [1.165, 1.54) is 0 Å². The van der Waals surface area contributed by atoms with Gasteiger partial charge < -0.3 is 19.5 Å². The molecule has 3 rings (SSSR count). The highest BCUT2D eigenvalue weighted by molar-refractivity contribution is 7.80. The number of hydrogen-bond acceptors (Lipinski definition) is 4. The van der Waals surface area contributed by atoms with Crippen LogP contribution in [0.5, 0.6) is 11.5 Å². The number of fused-ring (bicyclic) bond motifs is 1. The van der Waals surface area contributed by atoms with Crippen molar-refractivity contribution in [2.24, 2.45) is 0 Å². The number of rotatable bonds is 3. The minimum absolute atomic E-state index is 0.312. The summed E-state index contributed by atoms with van der Waals surface area (Å²) in [6, 6.07) is 11.3. The molecule has 0 saturated carbocycles. The van der Waals surface area contributed by atoms with E-state index >= 15 is 0 Å². The summed E-state index contributed by atoms with van der Waals surface area (Å²) < 4.78 is 17.0. The molecule has 0 bridgehead atoms. The number of thiocarbonyl (C=S) groups is 1. The molecule has 0 amide bonds. The Morgan fingerprint density at radius 1 is 1.12 bits per heavy atom. The van der Waals surface area contributed by atoms with E-state index in [-0.39, 0.29) is 6.10 Å². The number of halogens is 1. The average Bonchev–Trinajstić information content (AvgIpc) is 2.80. The molecular weight excluding hydrogens is 358 g/mol. The van der Waals surface area contributed by atoms with Crippen LogP contribution in [0.4, 0.5) is 5.69 Å². The molecule has 0 saturated heterocycles. The predicted molar refractivity (Wildman–Crippen MR) is 106 cm³/mol. The lowest BCUT2D eigenvalue weighted by Crippen LogP contribution is -2.13. The zero-order valence-electron chi connectivity index (χ0n) is 14.8. The maximum atomic E-state index is 6.18. The van der Waals surface area contributed by atoms with Crippen molar-refractivity contribution in [2.75, 3.05) is 26.1 Å². The maximum absolute atomic E-state index is 6.18. The molecule has 1 aliphatic heterocycles. The second kappa shape index (κ2) is 9.04. The smallest absolute Gasteiger partial charge is 0.166 e. The van der Waals surface area contributed by atoms with E-state index < -0.39 is 0 Å². The topological polar surface area (TPSA) is 39.7 Å². The van der Waals surface area contributed by atoms with Crippen LogP contribution in [0.1, 0.15) is 31.1 Å². The van der Waals surface area contributed by atoms with Gasteiger partial charge >= 0.3 is 0 Å². The van der Waals surface area contributed by atoms with Gasteiger partial charge in [-0.25, -0.2) is 0 Å². The molecule has 25 heavy (non-hydrogen) atoms. The first kappa shape index (κ1) is 19.5. The minimum Gasteiger partial charge on any atom is -0.493 e. The van der Waals surface area contributed by atoms with Gasteiger partial charge in [0.15, 0.2) is 11.5 Å². The van der Waals surface area contributed by atoms with Crippen LogP contribution >= 0.6 is 23.8 Å². The van der Waals surface area contributed by atoms with Gasteiger partial charge in [0.25, 0.3) is 0 Å². The Balaban J connectivity index is 0.00000109. The van der Waals surface area contributed by atoms with Crippen molar-refractivity contribution in [1.29, 1.82) is 0 Å². The van der Waals surface area contributed by atoms with Crippen molar-refractivity contribution in [3.8, 4) is 11.5 Å². The van der Waals surface area contributed by atoms with Gasteiger partial charge in [-0.3, -0.25) is 0 Å². The Morgan fingerprint density at radius 2 is 1.88 bits per heavy atom. The van der Waals surface area contributed by atoms with Gasteiger partial charge in [-0.2, -0.15) is 0 Å². The highest BCUT2D eigenvalue weighted by Crippen LogP contribution is 2.42. The molecule has 2 aromatic rings. The van der Waals surface area contributed by atoms with Crippen molar-refractivity contribution >= 4 is 34.5 Å². The molecule has 2 aromatic carbocycles. The molecule has 0 spiro atoms. The Kier molecular flexibility index (Phi) is 7.05. The molecule has 0 aromatic heterocycles. The summed E-state index contributed by atoms with van der Waals surface area (Å²) in [5.74, 6) is 1.29. The molecule has 1 unspecified atom stereocenters. The highest BCUT2D eigenvalue weighted by Gasteiger charge is 2.27. The first-order valence-corrected chi connectivity index (χ1v) is 8.84. The van der Waals surface area contributed by atoms with Crippen LogP contribution in [-0.2, 0) is 4.74 Å². The van der Waals surface area contributed by atoms with Gasteiger partial charge in [0.2, 0.25) is 0 Å². The van der Waals surface area contributed by atoms with Crippen molar-refractivity contribution in [2.45, 2.75) is 20.0 Å². The number of nitrogens with one attached hydrogen (secondary N) is 1. The number of ether oxygens (including phenoxy) is 3. The lowest BCUT2D eigenvalue weighted by molar-refractivity contribution is 0.113. The molecule has 1 atom stereocenters. The number of benzene rings is 2. The predicted octanol–water partition coefficient (Wildman–Crippen LogP) is 5.24. The second-order valence-electron chi connectivity index (χ2n) is 5.05. The van der Waals surface area contributed by atoms with E-state index in [4.69, 9.17) is 38.0 Å². The molecule has 1 N–H and O–H groups in total. The monoisotopic (exact) mass is 379 g/mol. The summed E-state index contributed by atoms with van der Waals surface area (Å²) in [5.41, 5.74) is 2.65. The lowest BCUT2D eigenvalue weighted by Gasteiger charge is -2.21. The quantitative estimate of drug-likeness (QED) is 0.738. The summed E-state index contributed by atoms with van der Waals surface area (Å²) in [6.07, 6.45) is -0.360. The molecule has 1 heterocycles. The van der Waals surface area contributed by atoms with Crippen molar-refractivity contribution < 1.29 is 14.2 Å². The summed E-state index contributed by atoms with van der Waals surface area (Å²) >= 11 is 11.5. The Hall–Kier alpha value is -1.82. The third kappa shape index (κ3) is 4.24. The molecule has 4 nitrogen and oxygen atoms in total. The Bertz CT molecular complexity index is 751. The fourth-order valence-electron chi connectivity index (χ4n) is 2.68. The average molecular weight is 380 g/mol. The first-order valence-electron chi connectivity index (χ1n) is 8.06. The van der Waals surface area contributed by atoms with E-state index in [2.05, 4.69) is 5.32 Å². The molecule has 0 aliphatic carbocycles. The van der Waals surface area contributed by atoms with Gasteiger partial charge in [-0.15, -0.1) is 0 Å². The number of anilines is 1. The van der Waals surface area contributed by atoms with Gasteiger partial charge in [0.1, 0.15) is 11.1 Å². The third-order valence-corrected chi connectivity index (χ3v) is 4.12. The van der Waals surface area contributed by atoms with Crippen molar-refractivity contribution in [3.05, 3.63) is 52.5 Å². The fourth-order valence-corrected chi connectivity index (χ4v) is 3.03. The van der Waals surface area contributed by atoms with Crippen LogP contribution in [0.15, 0.2) is 36.4 Å². The summed E-state index contributed by atoms with van der Waals surface area (Å²) in [7, 11) is 3.22. The van der Waals surface area contributed by atoms with Crippen molar-refractivity contribution in [1.82, 2.24) is 0 Å². The molecule has 0 radical (unpaired) electrons. The van der Waals surface area contributed by atoms with Gasteiger partial charge in [0, 0.05) is 21.8 Å². The summed E-state index contributed by atoms with van der Waals surface area (Å²) in [6.45, 7) is 4.31. The summed E-state index contributed by atoms with van der Waals surface area (Å²) in [4.78, 5) is 0.623. The van der Waals surface area contributed by atoms with Crippen LogP contribution in [0.3, 0.4) is 0 Å². The summed E-state index contributed by atoms with van der Waals surface area (Å²) in [5, 5.41) is 3.82. The van der Waals surface area contributed by atoms with Crippen LogP contribution in [0.25, 0.3) is 0 Å². The second-order valence-corrected chi connectivity index (χ2v) is 5.98. The van der Waals surface area contributed by atoms with Gasteiger partial charge in [0.05, 0.1) is 20.8 Å². The standard InChI is InChI=1S/C17H16ClNO3S.C2H6/c1-20-14-5-3-4-11(17(14)21-2)16-12-8-10(18)6-7-13(12)19-15(23)9-22-16;1-2/h3-8,16H,9H2,1-2H3,(H,19,23);1-2H3. The Labute approximate surface area is 159 Å². The molecule has 1 aliphatic rings. The lowest BCUT2D eigenvalue weighted by atomic mass is 9.98. The number of methoxy groups -OCH3 is 2. The fraction of sp³-hybridized carbons (Fsp3) is 0.316. The number of para-hydroxylation sites is 1. The van der Waals surface area contributed by atoms with Crippen LogP contribution in [-0.4, -0.2) is 25.8 Å². The zero-order valence-corrected chi connectivity index (χ0v) is 16.3. The number of hydrogen-bond donors (Lipinski definition) is 1. The van der Waals surface area contributed by atoms with Gasteiger partial charge in [-0.1, -0.05) is 49.8 Å². The largest absolute Gasteiger partial charge is 0.493 e. The first-order chi connectivity index (χ1) is 12.1. The highest BCUT2D eigenvalue weighted by atomic mass is 35.5. The minimum atomic E-state index is -0.360. The van der Waals surface area contributed by atoms with E-state index in [0.717, 1.165) is 16.8 Å². The molecular formula is C19H22ClNO3S. The molecule has 6 heteroatoms. The molecule has 134 valence electrons. The Morgan fingerprint density at radius 3 is 2.56 bits per heavy atom.